The van der Waals surface area contributed by atoms with Crippen molar-refractivity contribution in [2.24, 2.45) is 0 Å². The van der Waals surface area contributed by atoms with Crippen LogP contribution in [-0.2, 0) is 12.8 Å². The van der Waals surface area contributed by atoms with Gasteiger partial charge in [0.15, 0.2) is 0 Å². The van der Waals surface area contributed by atoms with Gasteiger partial charge >= 0.3 is 0 Å². The first kappa shape index (κ1) is 9.52. The van der Waals surface area contributed by atoms with Crippen LogP contribution in [0.2, 0.25) is 0 Å². The molecule has 0 atom stereocenters. The molecule has 0 saturated heterocycles. The van der Waals surface area contributed by atoms with E-state index in [1.165, 1.54) is 24.0 Å². The van der Waals surface area contributed by atoms with Gasteiger partial charge in [0.2, 0.25) is 0 Å². The van der Waals surface area contributed by atoms with Gasteiger partial charge in [0.05, 0.1) is 0 Å². The Hall–Kier alpha value is -1.70. The summed E-state index contributed by atoms with van der Waals surface area (Å²) in [6, 6.07) is 7.64. The highest BCUT2D eigenvalue weighted by atomic mass is 16.3. The fourth-order valence-corrected chi connectivity index (χ4v) is 2.65. The molecule has 3 rings (SSSR count). The minimum Gasteiger partial charge on any atom is -0.508 e. The van der Waals surface area contributed by atoms with Gasteiger partial charge in [-0.05, 0) is 54.3 Å². The molecule has 0 radical (unpaired) electrons. The van der Waals surface area contributed by atoms with E-state index in [4.69, 9.17) is 5.73 Å². The van der Waals surface area contributed by atoms with Crippen molar-refractivity contribution in [1.82, 2.24) is 0 Å². The second kappa shape index (κ2) is 3.41. The largest absolute Gasteiger partial charge is 0.508 e. The molecule has 1 aliphatic carbocycles. The second-order valence-corrected chi connectivity index (χ2v) is 4.54. The van der Waals surface area contributed by atoms with Crippen molar-refractivity contribution in [1.29, 1.82) is 0 Å². The predicted octanol–water partition coefficient (Wildman–Crippen LogP) is 3.01. The third-order valence-corrected chi connectivity index (χ3v) is 3.49. The number of hydrogen-bond acceptors (Lipinski definition) is 2. The molecule has 0 saturated carbocycles. The number of rotatable bonds is 0. The molecule has 0 fully saturated rings. The minimum absolute atomic E-state index is 0.287. The van der Waals surface area contributed by atoms with Crippen LogP contribution < -0.4 is 5.73 Å². The first-order valence-electron chi connectivity index (χ1n) is 5.78. The fourth-order valence-electron chi connectivity index (χ4n) is 2.65. The second-order valence-electron chi connectivity index (χ2n) is 4.54. The zero-order valence-corrected chi connectivity index (χ0v) is 9.16. The summed E-state index contributed by atoms with van der Waals surface area (Å²) in [4.78, 5) is 0. The van der Waals surface area contributed by atoms with Crippen LogP contribution in [0.4, 0.5) is 5.69 Å². The van der Waals surface area contributed by atoms with E-state index < -0.39 is 0 Å². The number of hydrogen-bond donors (Lipinski definition) is 2. The first-order chi connectivity index (χ1) is 7.75. The van der Waals surface area contributed by atoms with Gasteiger partial charge in [-0.2, -0.15) is 0 Å². The fraction of sp³-hybridized carbons (Fsp3) is 0.286. The summed E-state index contributed by atoms with van der Waals surface area (Å²) < 4.78 is 0. The molecule has 3 N–H and O–H groups in total. The molecule has 2 aromatic carbocycles. The summed E-state index contributed by atoms with van der Waals surface area (Å²) in [6.45, 7) is 0. The molecule has 0 spiro atoms. The zero-order valence-electron chi connectivity index (χ0n) is 9.16. The smallest absolute Gasteiger partial charge is 0.116 e. The third kappa shape index (κ3) is 1.33. The highest BCUT2D eigenvalue weighted by Crippen LogP contribution is 2.34. The van der Waals surface area contributed by atoms with Gasteiger partial charge < -0.3 is 10.8 Å². The summed E-state index contributed by atoms with van der Waals surface area (Å²) in [5, 5.41) is 11.6. The van der Waals surface area contributed by atoms with Crippen molar-refractivity contribution in [3.05, 3.63) is 35.4 Å². The SMILES string of the molecule is Nc1c2c(cc3ccc(O)cc13)CCCC2. The van der Waals surface area contributed by atoms with Crippen molar-refractivity contribution >= 4 is 16.5 Å². The summed E-state index contributed by atoms with van der Waals surface area (Å²) in [5.74, 6) is 0.287. The van der Waals surface area contributed by atoms with E-state index >= 15 is 0 Å². The number of aryl methyl sites for hydroxylation is 1. The van der Waals surface area contributed by atoms with E-state index in [1.54, 1.807) is 12.1 Å². The lowest BCUT2D eigenvalue weighted by atomic mass is 9.88. The Morgan fingerprint density at radius 3 is 2.75 bits per heavy atom. The Balaban J connectivity index is 2.35. The lowest BCUT2D eigenvalue weighted by molar-refractivity contribution is 0.476. The van der Waals surface area contributed by atoms with E-state index in [9.17, 15) is 5.11 Å². The van der Waals surface area contributed by atoms with Crippen molar-refractivity contribution in [2.45, 2.75) is 25.7 Å². The number of nitrogen functional groups attached to an aromatic ring is 1. The predicted molar refractivity (Wildman–Crippen MR) is 66.7 cm³/mol. The standard InChI is InChI=1S/C14H15NO/c15-14-12-4-2-1-3-9(12)7-10-5-6-11(16)8-13(10)14/h5-8,16H,1-4,15H2. The molecule has 0 unspecified atom stereocenters. The van der Waals surface area contributed by atoms with E-state index in [1.807, 2.05) is 6.07 Å². The Labute approximate surface area is 94.7 Å². The topological polar surface area (TPSA) is 46.2 Å². The van der Waals surface area contributed by atoms with Gasteiger partial charge in [-0.3, -0.25) is 0 Å². The number of aromatic hydroxyl groups is 1. The molecule has 82 valence electrons. The molecule has 2 nitrogen and oxygen atoms in total. The molecular weight excluding hydrogens is 198 g/mol. The first-order valence-corrected chi connectivity index (χ1v) is 5.78. The highest BCUT2D eigenvalue weighted by Gasteiger charge is 2.14. The molecule has 0 bridgehead atoms. The number of benzene rings is 2. The van der Waals surface area contributed by atoms with Gasteiger partial charge in [-0.15, -0.1) is 0 Å². The van der Waals surface area contributed by atoms with E-state index in [2.05, 4.69) is 6.07 Å². The van der Waals surface area contributed by atoms with Gasteiger partial charge in [0.25, 0.3) is 0 Å². The molecule has 1 aliphatic rings. The zero-order chi connectivity index (χ0) is 11.1. The van der Waals surface area contributed by atoms with Gasteiger partial charge in [0.1, 0.15) is 5.75 Å². The number of nitrogens with two attached hydrogens (primary N) is 1. The normalized spacial score (nSPS) is 15.0. The van der Waals surface area contributed by atoms with Gasteiger partial charge in [0, 0.05) is 11.1 Å². The van der Waals surface area contributed by atoms with Gasteiger partial charge in [-0.25, -0.2) is 0 Å². The monoisotopic (exact) mass is 213 g/mol. The van der Waals surface area contributed by atoms with E-state index in [-0.39, 0.29) is 5.75 Å². The Bertz CT molecular complexity index is 560. The van der Waals surface area contributed by atoms with Crippen LogP contribution in [0.25, 0.3) is 10.8 Å². The Kier molecular flexibility index (Phi) is 2.03. The molecule has 2 aromatic rings. The van der Waals surface area contributed by atoms with Gasteiger partial charge in [-0.1, -0.05) is 12.1 Å². The maximum absolute atomic E-state index is 9.50. The lowest BCUT2D eigenvalue weighted by Gasteiger charge is -2.19. The number of anilines is 1. The lowest BCUT2D eigenvalue weighted by Crippen LogP contribution is -2.06. The summed E-state index contributed by atoms with van der Waals surface area (Å²) in [7, 11) is 0. The van der Waals surface area contributed by atoms with E-state index in [0.717, 1.165) is 29.3 Å². The van der Waals surface area contributed by atoms with Crippen LogP contribution in [0, 0.1) is 0 Å². The van der Waals surface area contributed by atoms with Crippen LogP contribution >= 0.6 is 0 Å². The number of phenolic OH excluding ortho intramolecular Hbond substituents is 1. The maximum Gasteiger partial charge on any atom is 0.116 e. The molecule has 0 amide bonds. The Morgan fingerprint density at radius 1 is 1.06 bits per heavy atom. The quantitative estimate of drug-likeness (QED) is 0.661. The highest BCUT2D eigenvalue weighted by molar-refractivity contribution is 5.96. The van der Waals surface area contributed by atoms with Crippen molar-refractivity contribution < 1.29 is 5.11 Å². The Morgan fingerprint density at radius 2 is 1.88 bits per heavy atom. The molecule has 16 heavy (non-hydrogen) atoms. The summed E-state index contributed by atoms with van der Waals surface area (Å²) in [5.41, 5.74) is 9.75. The van der Waals surface area contributed by atoms with Crippen molar-refractivity contribution in [3.63, 3.8) is 0 Å². The molecular formula is C14H15NO. The van der Waals surface area contributed by atoms with E-state index in [0.29, 0.717) is 0 Å². The van der Waals surface area contributed by atoms with Crippen LogP contribution in [0.15, 0.2) is 24.3 Å². The minimum atomic E-state index is 0.287. The maximum atomic E-state index is 9.50. The summed E-state index contributed by atoms with van der Waals surface area (Å²) >= 11 is 0. The average Bonchev–Trinajstić information content (AvgIpc) is 2.31. The number of fused-ring (bicyclic) bond motifs is 2. The van der Waals surface area contributed by atoms with Crippen molar-refractivity contribution in [2.75, 3.05) is 5.73 Å². The van der Waals surface area contributed by atoms with Crippen LogP contribution in [0.1, 0.15) is 24.0 Å². The summed E-state index contributed by atoms with van der Waals surface area (Å²) in [6.07, 6.45) is 4.70. The number of phenols is 1. The molecule has 0 aromatic heterocycles. The third-order valence-electron chi connectivity index (χ3n) is 3.49. The molecule has 0 heterocycles. The van der Waals surface area contributed by atoms with Crippen LogP contribution in [0.5, 0.6) is 5.75 Å². The van der Waals surface area contributed by atoms with Crippen LogP contribution in [-0.4, -0.2) is 5.11 Å². The average molecular weight is 213 g/mol. The molecule has 2 heteroatoms. The van der Waals surface area contributed by atoms with Crippen LogP contribution in [0.3, 0.4) is 0 Å². The molecule has 0 aliphatic heterocycles. The van der Waals surface area contributed by atoms with Crippen molar-refractivity contribution in [3.8, 4) is 5.75 Å².